The number of quaternary nitrogens is 1. The molecule has 34 heavy (non-hydrogen) atoms. The Balaban J connectivity index is 1.33. The third-order valence-corrected chi connectivity index (χ3v) is 9.39. The van der Waals surface area contributed by atoms with Crippen LogP contribution in [0.25, 0.3) is 0 Å². The second-order valence-electron chi connectivity index (χ2n) is 10.4. The van der Waals surface area contributed by atoms with Gasteiger partial charge in [-0.3, -0.25) is 9.69 Å². The van der Waals surface area contributed by atoms with Crippen LogP contribution >= 0.6 is 11.3 Å². The lowest BCUT2D eigenvalue weighted by atomic mass is 9.82. The van der Waals surface area contributed by atoms with Crippen molar-refractivity contribution in [3.8, 4) is 0 Å². The van der Waals surface area contributed by atoms with E-state index in [0.29, 0.717) is 29.1 Å². The molecule has 5 nitrogen and oxygen atoms in total. The number of nitrogens with zero attached hydrogens (tertiary/aromatic N) is 2. The highest BCUT2D eigenvalue weighted by Gasteiger charge is 2.51. The molecule has 0 radical (unpaired) electrons. The highest BCUT2D eigenvalue weighted by atomic mass is 32.1. The summed E-state index contributed by atoms with van der Waals surface area (Å²) in [7, 11) is 0. The van der Waals surface area contributed by atoms with Gasteiger partial charge in [0.05, 0.1) is 13.1 Å². The standard InChI is InChI=1S/C27H34FN2O3S/c1-27(25-9-6-16-34-25,29-12-3-2-4-13-29)26(32)33-24-19-30(14-10-20(24)11-15-30)18-23(31)21-7-5-8-22(28)17-21/h5-9,16-17,20,24H,2-4,10-15,18-19H2,1H3/q+1/t20?,24-,27?,30?/m1/s1. The van der Waals surface area contributed by atoms with Crippen LogP contribution in [0.2, 0.25) is 0 Å². The zero-order chi connectivity index (χ0) is 23.8. The van der Waals surface area contributed by atoms with Gasteiger partial charge in [-0.2, -0.15) is 0 Å². The fraction of sp³-hybridized carbons (Fsp3) is 0.556. The lowest BCUT2D eigenvalue weighted by Crippen LogP contribution is -2.66. The van der Waals surface area contributed by atoms with Crippen molar-refractivity contribution in [2.24, 2.45) is 5.92 Å². The van der Waals surface area contributed by atoms with Crippen molar-refractivity contribution < 1.29 is 23.2 Å². The topological polar surface area (TPSA) is 46.6 Å². The van der Waals surface area contributed by atoms with Gasteiger partial charge in [0.2, 0.25) is 5.78 Å². The SMILES string of the molecule is CC(C(=O)O[C@@H]1C[N+]2(CC(=O)c3cccc(F)c3)CCC1CC2)(c1cccs1)N1CCCCC1. The van der Waals surface area contributed by atoms with Crippen LogP contribution in [0, 0.1) is 11.7 Å². The molecule has 6 rings (SSSR count). The number of piperidine rings is 4. The summed E-state index contributed by atoms with van der Waals surface area (Å²) in [5.74, 6) is -0.241. The van der Waals surface area contributed by atoms with E-state index in [0.717, 1.165) is 56.7 Å². The minimum atomic E-state index is -0.775. The molecular weight excluding hydrogens is 451 g/mol. The molecule has 7 heteroatoms. The summed E-state index contributed by atoms with van der Waals surface area (Å²) in [6.07, 6.45) is 5.13. The first-order valence-electron chi connectivity index (χ1n) is 12.5. The average Bonchev–Trinajstić information content (AvgIpc) is 3.40. The van der Waals surface area contributed by atoms with Gasteiger partial charge in [0.1, 0.15) is 18.9 Å². The molecule has 182 valence electrons. The van der Waals surface area contributed by atoms with Crippen molar-refractivity contribution in [2.75, 3.05) is 39.3 Å². The van der Waals surface area contributed by atoms with Gasteiger partial charge in [-0.05, 0) is 56.4 Å². The van der Waals surface area contributed by atoms with Gasteiger partial charge in [-0.1, -0.05) is 24.6 Å². The molecule has 1 aromatic heterocycles. The Kier molecular flexibility index (Phi) is 6.62. The molecule has 0 spiro atoms. The number of carbonyl (C=O) groups excluding carboxylic acids is 2. The minimum absolute atomic E-state index is 0.0401. The summed E-state index contributed by atoms with van der Waals surface area (Å²) in [6, 6.07) is 9.99. The van der Waals surface area contributed by atoms with Crippen molar-refractivity contribution in [2.45, 2.75) is 50.7 Å². The summed E-state index contributed by atoms with van der Waals surface area (Å²) in [6.45, 7) is 6.64. The van der Waals surface area contributed by atoms with E-state index in [2.05, 4.69) is 4.90 Å². The third kappa shape index (κ3) is 4.45. The number of ether oxygens (including phenoxy) is 1. The van der Waals surface area contributed by atoms with E-state index in [1.807, 2.05) is 24.4 Å². The molecule has 1 unspecified atom stereocenters. The fourth-order valence-corrected chi connectivity index (χ4v) is 7.07. The van der Waals surface area contributed by atoms with E-state index < -0.39 is 5.54 Å². The first-order valence-corrected chi connectivity index (χ1v) is 13.4. The summed E-state index contributed by atoms with van der Waals surface area (Å²) in [5, 5.41) is 2.03. The number of Topliss-reactive ketones (excluding diaryl/α,β-unsaturated/α-hetero) is 1. The number of hydrogen-bond donors (Lipinski definition) is 0. The maximum atomic E-state index is 13.8. The highest BCUT2D eigenvalue weighted by molar-refractivity contribution is 7.10. The molecule has 1 aromatic carbocycles. The van der Waals surface area contributed by atoms with Crippen molar-refractivity contribution >= 4 is 23.1 Å². The van der Waals surface area contributed by atoms with Crippen LogP contribution in [0.3, 0.4) is 0 Å². The van der Waals surface area contributed by atoms with E-state index in [9.17, 15) is 14.0 Å². The van der Waals surface area contributed by atoms with E-state index in [4.69, 9.17) is 4.74 Å². The molecule has 4 saturated heterocycles. The smallest absolute Gasteiger partial charge is 0.332 e. The summed E-state index contributed by atoms with van der Waals surface area (Å²) >= 11 is 1.61. The molecule has 2 aromatic rings. The monoisotopic (exact) mass is 485 g/mol. The van der Waals surface area contributed by atoms with Gasteiger partial charge in [0.15, 0.2) is 11.6 Å². The number of esters is 1. The molecule has 0 aliphatic carbocycles. The molecule has 4 aliphatic heterocycles. The minimum Gasteiger partial charge on any atom is -0.454 e. The number of fused-ring (bicyclic) bond motifs is 3. The van der Waals surface area contributed by atoms with Gasteiger partial charge < -0.3 is 9.22 Å². The lowest BCUT2D eigenvalue weighted by Gasteiger charge is -2.52. The van der Waals surface area contributed by atoms with Gasteiger partial charge in [0.25, 0.3) is 0 Å². The molecule has 5 heterocycles. The van der Waals surface area contributed by atoms with Gasteiger partial charge >= 0.3 is 5.97 Å². The lowest BCUT2D eigenvalue weighted by molar-refractivity contribution is -0.938. The van der Waals surface area contributed by atoms with Gasteiger partial charge in [0, 0.05) is 29.2 Å². The predicted octanol–water partition coefficient (Wildman–Crippen LogP) is 4.62. The number of hydrogen-bond acceptors (Lipinski definition) is 5. The van der Waals surface area contributed by atoms with Crippen molar-refractivity contribution in [1.29, 1.82) is 0 Å². The molecule has 0 N–H and O–H groups in total. The number of benzene rings is 1. The second-order valence-corrected chi connectivity index (χ2v) is 11.4. The molecule has 0 saturated carbocycles. The normalized spacial score (nSPS) is 28.9. The van der Waals surface area contributed by atoms with Crippen LogP contribution < -0.4 is 0 Å². The Labute approximate surface area is 205 Å². The molecule has 2 atom stereocenters. The molecule has 2 bridgehead atoms. The van der Waals surface area contributed by atoms with Crippen LogP contribution in [-0.4, -0.2) is 66.5 Å². The van der Waals surface area contributed by atoms with Crippen LogP contribution in [0.15, 0.2) is 41.8 Å². The second kappa shape index (κ2) is 9.51. The molecule has 4 aliphatic rings. The zero-order valence-corrected chi connectivity index (χ0v) is 20.7. The van der Waals surface area contributed by atoms with E-state index in [-0.39, 0.29) is 23.7 Å². The number of thiophene rings is 1. The highest BCUT2D eigenvalue weighted by Crippen LogP contribution is 2.40. The van der Waals surface area contributed by atoms with Crippen LogP contribution in [0.1, 0.15) is 54.3 Å². The van der Waals surface area contributed by atoms with Crippen molar-refractivity contribution in [1.82, 2.24) is 4.90 Å². The number of carbonyl (C=O) groups is 2. The largest absolute Gasteiger partial charge is 0.454 e. The average molecular weight is 486 g/mol. The van der Waals surface area contributed by atoms with E-state index in [1.165, 1.54) is 18.6 Å². The Morgan fingerprint density at radius 3 is 2.59 bits per heavy atom. The number of rotatable bonds is 7. The summed E-state index contributed by atoms with van der Waals surface area (Å²) in [5.41, 5.74) is -0.355. The van der Waals surface area contributed by atoms with Crippen LogP contribution in [0.4, 0.5) is 4.39 Å². The third-order valence-electron chi connectivity index (χ3n) is 8.31. The predicted molar refractivity (Wildman–Crippen MR) is 130 cm³/mol. The Morgan fingerprint density at radius 1 is 1.15 bits per heavy atom. The van der Waals surface area contributed by atoms with Crippen molar-refractivity contribution in [3.05, 3.63) is 58.0 Å². The fourth-order valence-electron chi connectivity index (χ4n) is 6.17. The molecule has 4 fully saturated rings. The maximum Gasteiger partial charge on any atom is 0.332 e. The van der Waals surface area contributed by atoms with E-state index >= 15 is 0 Å². The first kappa shape index (κ1) is 23.6. The Hall–Kier alpha value is -2.09. The summed E-state index contributed by atoms with van der Waals surface area (Å²) in [4.78, 5) is 30.1. The number of ketones is 1. The van der Waals surface area contributed by atoms with Crippen LogP contribution in [-0.2, 0) is 15.1 Å². The van der Waals surface area contributed by atoms with Crippen LogP contribution in [0.5, 0.6) is 0 Å². The molecular formula is C27H34FN2O3S+. The van der Waals surface area contributed by atoms with Gasteiger partial charge in [-0.15, -0.1) is 11.3 Å². The summed E-state index contributed by atoms with van der Waals surface area (Å²) < 4.78 is 20.6. The van der Waals surface area contributed by atoms with Gasteiger partial charge in [-0.25, -0.2) is 9.18 Å². The maximum absolute atomic E-state index is 13.8. The zero-order valence-electron chi connectivity index (χ0n) is 19.9. The quantitative estimate of drug-likeness (QED) is 0.326. The Morgan fingerprint density at radius 2 is 1.91 bits per heavy atom. The first-order chi connectivity index (χ1) is 16.4. The number of likely N-dealkylation sites (tertiary alicyclic amines) is 1. The molecule has 0 amide bonds. The van der Waals surface area contributed by atoms with E-state index in [1.54, 1.807) is 23.5 Å². The van der Waals surface area contributed by atoms with Crippen molar-refractivity contribution in [3.63, 3.8) is 0 Å². The Bertz CT molecular complexity index is 1030. The number of halogens is 1.